The minimum Gasteiger partial charge on any atom is -0.496 e. The van der Waals surface area contributed by atoms with Crippen molar-refractivity contribution in [2.45, 2.75) is 32.4 Å². The average Bonchev–Trinajstić information content (AvgIpc) is 3.19. The van der Waals surface area contributed by atoms with Crippen LogP contribution in [0.25, 0.3) is 11.0 Å². The van der Waals surface area contributed by atoms with Crippen molar-refractivity contribution in [2.24, 2.45) is 0 Å². The molecule has 0 spiro atoms. The summed E-state index contributed by atoms with van der Waals surface area (Å²) in [6, 6.07) is 13.4. The van der Waals surface area contributed by atoms with Crippen molar-refractivity contribution >= 4 is 22.8 Å². The Labute approximate surface area is 187 Å². The maximum absolute atomic E-state index is 12.6. The number of carbonyl (C=O) groups excluding carboxylic acids is 2. The zero-order valence-electron chi connectivity index (χ0n) is 18.5. The Morgan fingerprint density at radius 3 is 2.91 bits per heavy atom. The molecule has 1 aromatic heterocycles. The second-order valence-corrected chi connectivity index (χ2v) is 8.09. The van der Waals surface area contributed by atoms with Crippen LogP contribution in [-0.4, -0.2) is 59.5 Å². The first-order chi connectivity index (χ1) is 15.5. The highest BCUT2D eigenvalue weighted by Gasteiger charge is 2.31. The zero-order chi connectivity index (χ0) is 22.5. The largest absolute Gasteiger partial charge is 0.496 e. The van der Waals surface area contributed by atoms with E-state index < -0.39 is 6.04 Å². The number of imidazole rings is 1. The summed E-state index contributed by atoms with van der Waals surface area (Å²) in [5.41, 5.74) is 4.04. The number of ether oxygens (including phenoxy) is 1. The molecule has 1 fully saturated rings. The number of amides is 2. The Balaban J connectivity index is 1.33. The molecule has 0 bridgehead atoms. The lowest BCUT2D eigenvalue weighted by molar-refractivity contribution is -0.134. The molecule has 0 radical (unpaired) electrons. The van der Waals surface area contributed by atoms with Gasteiger partial charge >= 0.3 is 0 Å². The van der Waals surface area contributed by atoms with Crippen LogP contribution in [0.2, 0.25) is 0 Å². The number of hydrogen-bond donors (Lipinski definition) is 3. The van der Waals surface area contributed by atoms with Crippen LogP contribution in [0.3, 0.4) is 0 Å². The lowest BCUT2D eigenvalue weighted by Crippen LogP contribution is -2.56. The molecule has 3 N–H and O–H groups in total. The van der Waals surface area contributed by atoms with Crippen molar-refractivity contribution in [3.63, 3.8) is 0 Å². The second-order valence-electron chi connectivity index (χ2n) is 8.09. The predicted molar refractivity (Wildman–Crippen MR) is 122 cm³/mol. The van der Waals surface area contributed by atoms with Crippen LogP contribution in [0.15, 0.2) is 42.5 Å². The van der Waals surface area contributed by atoms with E-state index >= 15 is 0 Å². The summed E-state index contributed by atoms with van der Waals surface area (Å²) in [5, 5.41) is 5.81. The molecule has 8 heteroatoms. The van der Waals surface area contributed by atoms with Gasteiger partial charge in [-0.25, -0.2) is 4.98 Å². The van der Waals surface area contributed by atoms with E-state index in [-0.39, 0.29) is 18.2 Å². The molecule has 2 aromatic carbocycles. The predicted octanol–water partition coefficient (Wildman–Crippen LogP) is 1.93. The van der Waals surface area contributed by atoms with Gasteiger partial charge in [-0.3, -0.25) is 14.5 Å². The summed E-state index contributed by atoms with van der Waals surface area (Å²) in [7, 11) is 1.65. The highest BCUT2D eigenvalue weighted by molar-refractivity contribution is 5.88. The highest BCUT2D eigenvalue weighted by atomic mass is 16.5. The van der Waals surface area contributed by atoms with Gasteiger partial charge in [0, 0.05) is 32.6 Å². The molecular formula is C24H29N5O3. The SMILES string of the molecule is COc1ccc(CN2CCNC(=O)[C@@H]2CC(=O)NCCc2nc3ccccc3[nH]2)cc1C. The van der Waals surface area contributed by atoms with Gasteiger partial charge in [0.2, 0.25) is 11.8 Å². The van der Waals surface area contributed by atoms with Crippen LogP contribution in [0.5, 0.6) is 5.75 Å². The standard InChI is InChI=1S/C24H29N5O3/c1-16-13-17(7-8-21(16)32-2)15-29-12-11-26-24(31)20(29)14-23(30)25-10-9-22-27-18-5-3-4-6-19(18)28-22/h3-8,13,20H,9-12,14-15H2,1-2H3,(H,25,30)(H,26,31)(H,27,28)/t20-/m0/s1. The van der Waals surface area contributed by atoms with Gasteiger partial charge in [0.1, 0.15) is 11.6 Å². The molecule has 1 aliphatic heterocycles. The first-order valence-corrected chi connectivity index (χ1v) is 10.9. The van der Waals surface area contributed by atoms with Gasteiger partial charge in [0.05, 0.1) is 30.6 Å². The minimum absolute atomic E-state index is 0.103. The fourth-order valence-corrected chi connectivity index (χ4v) is 4.14. The maximum atomic E-state index is 12.6. The van der Waals surface area contributed by atoms with E-state index in [4.69, 9.17) is 4.74 Å². The highest BCUT2D eigenvalue weighted by Crippen LogP contribution is 2.21. The number of benzene rings is 2. The normalized spacial score (nSPS) is 16.7. The third-order valence-electron chi connectivity index (χ3n) is 5.79. The van der Waals surface area contributed by atoms with E-state index in [1.807, 2.05) is 43.3 Å². The van der Waals surface area contributed by atoms with Gasteiger partial charge in [0.25, 0.3) is 0 Å². The molecule has 1 aliphatic rings. The second kappa shape index (κ2) is 9.82. The van der Waals surface area contributed by atoms with Gasteiger partial charge in [-0.15, -0.1) is 0 Å². The Bertz CT molecular complexity index is 1080. The van der Waals surface area contributed by atoms with Crippen LogP contribution < -0.4 is 15.4 Å². The van der Waals surface area contributed by atoms with Crippen molar-refractivity contribution < 1.29 is 14.3 Å². The number of H-pyrrole nitrogens is 1. The van der Waals surface area contributed by atoms with Gasteiger partial charge in [-0.2, -0.15) is 0 Å². The lowest BCUT2D eigenvalue weighted by atomic mass is 10.1. The quantitative estimate of drug-likeness (QED) is 0.502. The van der Waals surface area contributed by atoms with Crippen molar-refractivity contribution in [3.05, 3.63) is 59.4 Å². The number of rotatable bonds is 8. The number of aromatic amines is 1. The molecule has 1 saturated heterocycles. The Morgan fingerprint density at radius 2 is 2.12 bits per heavy atom. The number of aromatic nitrogens is 2. The minimum atomic E-state index is -0.489. The zero-order valence-corrected chi connectivity index (χ0v) is 18.5. The summed E-state index contributed by atoms with van der Waals surface area (Å²) >= 11 is 0. The summed E-state index contributed by atoms with van der Waals surface area (Å²) in [6.07, 6.45) is 0.729. The first-order valence-electron chi connectivity index (χ1n) is 10.9. The number of methoxy groups -OCH3 is 1. The van der Waals surface area contributed by atoms with Crippen molar-refractivity contribution in [2.75, 3.05) is 26.7 Å². The molecule has 2 heterocycles. The Hall–Kier alpha value is -3.39. The third-order valence-corrected chi connectivity index (χ3v) is 5.79. The molecular weight excluding hydrogens is 406 g/mol. The number of fused-ring (bicyclic) bond motifs is 1. The number of aryl methyl sites for hydroxylation is 1. The number of nitrogens with one attached hydrogen (secondary N) is 3. The fourth-order valence-electron chi connectivity index (χ4n) is 4.14. The van der Waals surface area contributed by atoms with Gasteiger partial charge in [-0.05, 0) is 36.2 Å². The molecule has 4 rings (SSSR count). The molecule has 0 aliphatic carbocycles. The molecule has 32 heavy (non-hydrogen) atoms. The van der Waals surface area contributed by atoms with Crippen LogP contribution in [0.4, 0.5) is 0 Å². The maximum Gasteiger partial charge on any atom is 0.237 e. The lowest BCUT2D eigenvalue weighted by Gasteiger charge is -2.34. The van der Waals surface area contributed by atoms with Gasteiger partial charge in [0.15, 0.2) is 0 Å². The van der Waals surface area contributed by atoms with Crippen molar-refractivity contribution in [1.82, 2.24) is 25.5 Å². The van der Waals surface area contributed by atoms with Crippen molar-refractivity contribution in [3.8, 4) is 5.75 Å². The van der Waals surface area contributed by atoms with Gasteiger partial charge in [-0.1, -0.05) is 24.3 Å². The smallest absolute Gasteiger partial charge is 0.237 e. The Morgan fingerprint density at radius 1 is 1.28 bits per heavy atom. The summed E-state index contributed by atoms with van der Waals surface area (Å²) < 4.78 is 5.33. The summed E-state index contributed by atoms with van der Waals surface area (Å²) in [6.45, 7) is 4.35. The summed E-state index contributed by atoms with van der Waals surface area (Å²) in [5.74, 6) is 1.43. The monoisotopic (exact) mass is 435 g/mol. The molecule has 3 aromatic rings. The van der Waals surface area contributed by atoms with Crippen LogP contribution in [0.1, 0.15) is 23.4 Å². The van der Waals surface area contributed by atoms with E-state index in [0.29, 0.717) is 32.6 Å². The summed E-state index contributed by atoms with van der Waals surface area (Å²) in [4.78, 5) is 35.0. The van der Waals surface area contributed by atoms with Crippen LogP contribution >= 0.6 is 0 Å². The number of nitrogens with zero attached hydrogens (tertiary/aromatic N) is 2. The molecule has 1 atom stereocenters. The van der Waals surface area contributed by atoms with Crippen molar-refractivity contribution in [1.29, 1.82) is 0 Å². The third kappa shape index (κ3) is 5.08. The van der Waals surface area contributed by atoms with E-state index in [2.05, 4.69) is 31.6 Å². The van der Waals surface area contributed by atoms with Gasteiger partial charge < -0.3 is 20.4 Å². The van der Waals surface area contributed by atoms with Crippen LogP contribution in [0, 0.1) is 6.92 Å². The van der Waals surface area contributed by atoms with E-state index in [0.717, 1.165) is 33.7 Å². The first kappa shape index (κ1) is 21.8. The molecule has 0 saturated carbocycles. The number of piperazine rings is 1. The fraction of sp³-hybridized carbons (Fsp3) is 0.375. The molecule has 168 valence electrons. The number of para-hydroxylation sites is 2. The topological polar surface area (TPSA) is 99.3 Å². The molecule has 2 amide bonds. The molecule has 0 unspecified atom stereocenters. The number of carbonyl (C=O) groups is 2. The Kier molecular flexibility index (Phi) is 6.70. The van der Waals surface area contributed by atoms with E-state index in [9.17, 15) is 9.59 Å². The number of hydrogen-bond acceptors (Lipinski definition) is 5. The average molecular weight is 436 g/mol. The van der Waals surface area contributed by atoms with Crippen LogP contribution in [-0.2, 0) is 22.6 Å². The molecule has 8 nitrogen and oxygen atoms in total. The van der Waals surface area contributed by atoms with E-state index in [1.165, 1.54) is 0 Å². The van der Waals surface area contributed by atoms with E-state index in [1.54, 1.807) is 7.11 Å².